The van der Waals surface area contributed by atoms with Crippen molar-refractivity contribution in [2.45, 2.75) is 26.2 Å². The summed E-state index contributed by atoms with van der Waals surface area (Å²) in [7, 11) is 0. The maximum Gasteiger partial charge on any atom is 0.306 e. The third kappa shape index (κ3) is 4.58. The number of rotatable bonds is 5. The smallest absolute Gasteiger partial charge is 0.306 e. The van der Waals surface area contributed by atoms with Gasteiger partial charge in [0, 0.05) is 25.6 Å². The van der Waals surface area contributed by atoms with Crippen LogP contribution >= 0.6 is 0 Å². The van der Waals surface area contributed by atoms with Crippen LogP contribution in [0.5, 0.6) is 5.75 Å². The molecule has 0 aliphatic carbocycles. The summed E-state index contributed by atoms with van der Waals surface area (Å²) in [5, 5.41) is 9.53. The van der Waals surface area contributed by atoms with Crippen molar-refractivity contribution in [3.05, 3.63) is 47.8 Å². The first-order valence-corrected chi connectivity index (χ1v) is 9.19. The molecule has 2 aromatic carbocycles. The normalized spacial score (nSPS) is 15.4. The van der Waals surface area contributed by atoms with E-state index in [0.29, 0.717) is 32.5 Å². The minimum Gasteiger partial charge on any atom is -0.508 e. The lowest BCUT2D eigenvalue weighted by molar-refractivity contribution is -0.144. The lowest BCUT2D eigenvalue weighted by Gasteiger charge is -2.33. The number of esters is 1. The third-order valence-electron chi connectivity index (χ3n) is 4.83. The van der Waals surface area contributed by atoms with Crippen molar-refractivity contribution in [2.24, 2.45) is 5.92 Å². The third-order valence-corrected chi connectivity index (χ3v) is 4.83. The zero-order chi connectivity index (χ0) is 21.1. The predicted octanol–water partition coefficient (Wildman–Crippen LogP) is 4.65. The van der Waals surface area contributed by atoms with Crippen LogP contribution in [-0.4, -0.2) is 30.8 Å². The molecule has 7 heteroatoms. The fraction of sp³-hybridized carbons (Fsp3) is 0.381. The van der Waals surface area contributed by atoms with Crippen LogP contribution in [0.1, 0.15) is 27.6 Å². The summed E-state index contributed by atoms with van der Waals surface area (Å²) in [6.45, 7) is 2.74. The number of aromatic hydroxyl groups is 1. The summed E-state index contributed by atoms with van der Waals surface area (Å²) in [5.74, 6) is -3.25. The van der Waals surface area contributed by atoms with Gasteiger partial charge in [0.25, 0.3) is 0 Å². The van der Waals surface area contributed by atoms with Crippen molar-refractivity contribution in [3.63, 3.8) is 0 Å². The average molecular weight is 394 g/mol. The van der Waals surface area contributed by atoms with Gasteiger partial charge in [-0.05, 0) is 61.1 Å². The van der Waals surface area contributed by atoms with E-state index in [-0.39, 0.29) is 35.1 Å². The highest BCUT2D eigenvalue weighted by molar-refractivity contribution is 5.70. The molecule has 0 unspecified atom stereocenters. The summed E-state index contributed by atoms with van der Waals surface area (Å²) in [6, 6.07) is 3.44. The van der Waals surface area contributed by atoms with E-state index in [2.05, 4.69) is 0 Å². The molecule has 0 amide bonds. The first-order valence-electron chi connectivity index (χ1n) is 9.69. The predicted molar refractivity (Wildman–Crippen MR) is 99.6 cm³/mol. The topological polar surface area (TPSA) is 49.8 Å². The summed E-state index contributed by atoms with van der Waals surface area (Å²) in [5.41, 5.74) is -0.422. The minimum absolute atomic E-state index is 0.0185. The van der Waals surface area contributed by atoms with E-state index in [9.17, 15) is 23.1 Å². The van der Waals surface area contributed by atoms with E-state index in [1.165, 1.54) is 4.90 Å². The van der Waals surface area contributed by atoms with Gasteiger partial charge in [-0.3, -0.25) is 4.79 Å². The second kappa shape index (κ2) is 8.54. The molecular weight excluding hydrogens is 371 g/mol. The first-order chi connectivity index (χ1) is 13.8. The standard InChI is InChI=1S/C21H22F3NO3/c1-2-28-20(27)7-13-3-5-25(6-4-13)21-18(23)10-15(11-19(21)24)14-8-16(22)12-17(26)9-14/h8-13,26H,2-7H2,1H3/i10D. The molecule has 0 bridgehead atoms. The molecule has 1 heterocycles. The number of piperidine rings is 1. The Hall–Kier alpha value is -2.70. The van der Waals surface area contributed by atoms with E-state index in [1.807, 2.05) is 0 Å². The Kier molecular flexibility index (Phi) is 5.69. The average Bonchev–Trinajstić information content (AvgIpc) is 2.65. The van der Waals surface area contributed by atoms with Gasteiger partial charge in [0.2, 0.25) is 0 Å². The van der Waals surface area contributed by atoms with Gasteiger partial charge in [-0.1, -0.05) is 0 Å². The van der Waals surface area contributed by atoms with Gasteiger partial charge >= 0.3 is 5.97 Å². The van der Waals surface area contributed by atoms with E-state index >= 15 is 0 Å². The minimum atomic E-state index is -1.03. The number of hydrogen-bond donors (Lipinski definition) is 1. The molecule has 0 spiro atoms. The molecule has 0 saturated carbocycles. The van der Waals surface area contributed by atoms with Crippen LogP contribution in [0.15, 0.2) is 30.3 Å². The van der Waals surface area contributed by atoms with Crippen LogP contribution in [0.2, 0.25) is 0 Å². The Morgan fingerprint density at radius 3 is 2.54 bits per heavy atom. The van der Waals surface area contributed by atoms with Crippen molar-refractivity contribution in [2.75, 3.05) is 24.6 Å². The number of carbonyl (C=O) groups is 1. The fourth-order valence-electron chi connectivity index (χ4n) is 3.50. The number of phenolic OH excluding ortho intramolecular Hbond substituents is 1. The Balaban J connectivity index is 1.81. The molecule has 1 aliphatic rings. The Morgan fingerprint density at radius 1 is 1.18 bits per heavy atom. The number of ether oxygens (including phenoxy) is 1. The molecule has 28 heavy (non-hydrogen) atoms. The van der Waals surface area contributed by atoms with Gasteiger partial charge in [0.15, 0.2) is 0 Å². The molecule has 150 valence electrons. The lowest BCUT2D eigenvalue weighted by Crippen LogP contribution is -2.35. The number of hydrogen-bond acceptors (Lipinski definition) is 4. The molecule has 1 aliphatic heterocycles. The van der Waals surface area contributed by atoms with E-state index < -0.39 is 29.2 Å². The van der Waals surface area contributed by atoms with Crippen LogP contribution in [-0.2, 0) is 9.53 Å². The van der Waals surface area contributed by atoms with Crippen LogP contribution < -0.4 is 4.90 Å². The zero-order valence-electron chi connectivity index (χ0n) is 16.5. The van der Waals surface area contributed by atoms with Gasteiger partial charge in [-0.25, -0.2) is 13.2 Å². The Bertz CT molecular complexity index is 894. The Labute approximate surface area is 162 Å². The number of nitrogens with zero attached hydrogens (tertiary/aromatic N) is 1. The van der Waals surface area contributed by atoms with Crippen LogP contribution in [0.3, 0.4) is 0 Å². The summed E-state index contributed by atoms with van der Waals surface area (Å²) in [6.07, 6.45) is 1.42. The van der Waals surface area contributed by atoms with Crippen LogP contribution in [0, 0.1) is 23.4 Å². The number of phenols is 1. The van der Waals surface area contributed by atoms with Crippen molar-refractivity contribution in [3.8, 4) is 16.9 Å². The number of anilines is 1. The van der Waals surface area contributed by atoms with E-state index in [4.69, 9.17) is 6.11 Å². The van der Waals surface area contributed by atoms with Gasteiger partial charge in [0.05, 0.1) is 7.98 Å². The monoisotopic (exact) mass is 394 g/mol. The summed E-state index contributed by atoms with van der Waals surface area (Å²) >= 11 is 0. The molecule has 2 aromatic rings. The molecule has 0 radical (unpaired) electrons. The summed E-state index contributed by atoms with van der Waals surface area (Å²) < 4.78 is 56.2. The fourth-order valence-corrected chi connectivity index (χ4v) is 3.50. The molecule has 0 aromatic heterocycles. The van der Waals surface area contributed by atoms with Crippen LogP contribution in [0.4, 0.5) is 18.9 Å². The van der Waals surface area contributed by atoms with E-state index in [0.717, 1.165) is 24.3 Å². The molecular formula is C21H22F3NO3. The molecule has 4 nitrogen and oxygen atoms in total. The van der Waals surface area contributed by atoms with Crippen LogP contribution in [0.25, 0.3) is 11.1 Å². The molecule has 1 N–H and O–H groups in total. The van der Waals surface area contributed by atoms with Gasteiger partial charge in [-0.2, -0.15) is 0 Å². The lowest BCUT2D eigenvalue weighted by atomic mass is 9.93. The highest BCUT2D eigenvalue weighted by Crippen LogP contribution is 2.34. The van der Waals surface area contributed by atoms with Gasteiger partial charge in [0.1, 0.15) is 28.9 Å². The number of halogens is 3. The maximum atomic E-state index is 14.9. The summed E-state index contributed by atoms with van der Waals surface area (Å²) in [4.78, 5) is 13.1. The Morgan fingerprint density at radius 2 is 1.89 bits per heavy atom. The van der Waals surface area contributed by atoms with Gasteiger partial charge < -0.3 is 14.7 Å². The number of benzene rings is 2. The largest absolute Gasteiger partial charge is 0.508 e. The highest BCUT2D eigenvalue weighted by Gasteiger charge is 2.26. The molecule has 1 saturated heterocycles. The SMILES string of the molecule is [2H]c1c(-c2cc(O)cc(F)c2)cc(F)c(N2CCC(CC(=O)OCC)CC2)c1F. The van der Waals surface area contributed by atoms with Crippen molar-refractivity contribution < 1.29 is 29.2 Å². The first kappa shape index (κ1) is 18.7. The zero-order valence-corrected chi connectivity index (χ0v) is 15.5. The van der Waals surface area contributed by atoms with E-state index in [1.54, 1.807) is 6.92 Å². The van der Waals surface area contributed by atoms with Crippen molar-refractivity contribution in [1.29, 1.82) is 0 Å². The molecule has 1 fully saturated rings. The van der Waals surface area contributed by atoms with Crippen molar-refractivity contribution in [1.82, 2.24) is 0 Å². The number of carbonyl (C=O) groups excluding carboxylic acids is 1. The second-order valence-corrected chi connectivity index (χ2v) is 6.83. The molecule has 3 rings (SSSR count). The molecule has 0 atom stereocenters. The quantitative estimate of drug-likeness (QED) is 0.751. The maximum absolute atomic E-state index is 14.9. The second-order valence-electron chi connectivity index (χ2n) is 6.83. The van der Waals surface area contributed by atoms with Gasteiger partial charge in [-0.15, -0.1) is 0 Å². The highest BCUT2D eigenvalue weighted by atomic mass is 19.1. The van der Waals surface area contributed by atoms with Crippen molar-refractivity contribution >= 4 is 11.7 Å².